The van der Waals surface area contributed by atoms with E-state index in [0.29, 0.717) is 27.5 Å². The Labute approximate surface area is 156 Å². The first-order valence-electron chi connectivity index (χ1n) is 7.85. The third kappa shape index (κ3) is 4.00. The van der Waals surface area contributed by atoms with Gasteiger partial charge in [0.15, 0.2) is 0 Å². The highest BCUT2D eigenvalue weighted by Crippen LogP contribution is 2.26. The molecule has 6 heteroatoms. The first-order valence-corrected chi connectivity index (χ1v) is 8.23. The Morgan fingerprint density at radius 1 is 1.12 bits per heavy atom. The van der Waals surface area contributed by atoms with Crippen molar-refractivity contribution in [1.29, 1.82) is 5.26 Å². The molecular weight excluding hydrogens is 348 g/mol. The number of carbonyl (C=O) groups is 1. The predicted octanol–water partition coefficient (Wildman–Crippen LogP) is 4.91. The Morgan fingerprint density at radius 3 is 2.62 bits per heavy atom. The van der Waals surface area contributed by atoms with Gasteiger partial charge < -0.3 is 10.6 Å². The van der Waals surface area contributed by atoms with E-state index in [0.717, 1.165) is 11.3 Å². The highest BCUT2D eigenvalue weighted by Gasteiger charge is 2.09. The van der Waals surface area contributed by atoms with Crippen molar-refractivity contribution in [3.05, 3.63) is 82.6 Å². The van der Waals surface area contributed by atoms with Crippen LogP contribution in [0.3, 0.4) is 0 Å². The lowest BCUT2D eigenvalue weighted by Crippen LogP contribution is -2.12. The Bertz CT molecular complexity index is 993. The molecule has 26 heavy (non-hydrogen) atoms. The van der Waals surface area contributed by atoms with Crippen LogP contribution >= 0.6 is 11.6 Å². The standard InChI is InChI=1S/C20H15ClN4O/c1-13-18(21)3-2-4-19(13)24-17-9-15(11-23-12-17)20(26)25-16-7-5-14(10-22)6-8-16/h2-9,11-12,24H,1H3,(H,25,26). The van der Waals surface area contributed by atoms with Crippen LogP contribution in [0.5, 0.6) is 0 Å². The number of amides is 1. The van der Waals surface area contributed by atoms with Crippen molar-refractivity contribution in [1.82, 2.24) is 4.98 Å². The summed E-state index contributed by atoms with van der Waals surface area (Å²) < 4.78 is 0. The van der Waals surface area contributed by atoms with E-state index in [2.05, 4.69) is 15.6 Å². The van der Waals surface area contributed by atoms with Gasteiger partial charge in [0.25, 0.3) is 5.91 Å². The van der Waals surface area contributed by atoms with Crippen molar-refractivity contribution in [2.45, 2.75) is 6.92 Å². The predicted molar refractivity (Wildman–Crippen MR) is 103 cm³/mol. The minimum absolute atomic E-state index is 0.284. The smallest absolute Gasteiger partial charge is 0.257 e. The molecule has 2 N–H and O–H groups in total. The monoisotopic (exact) mass is 362 g/mol. The van der Waals surface area contributed by atoms with Gasteiger partial charge in [0.2, 0.25) is 0 Å². The van der Waals surface area contributed by atoms with E-state index >= 15 is 0 Å². The Kier molecular flexibility index (Phi) is 5.16. The minimum atomic E-state index is -0.284. The molecule has 0 unspecified atom stereocenters. The second-order valence-corrected chi connectivity index (χ2v) is 6.05. The van der Waals surface area contributed by atoms with E-state index in [4.69, 9.17) is 16.9 Å². The highest BCUT2D eigenvalue weighted by atomic mass is 35.5. The van der Waals surface area contributed by atoms with Gasteiger partial charge in [-0.1, -0.05) is 17.7 Å². The molecule has 1 aromatic heterocycles. The molecule has 1 heterocycles. The Morgan fingerprint density at radius 2 is 1.88 bits per heavy atom. The number of nitrogens with zero attached hydrogens (tertiary/aromatic N) is 2. The van der Waals surface area contributed by atoms with E-state index in [1.54, 1.807) is 36.5 Å². The number of carbonyl (C=O) groups excluding carboxylic acids is 1. The first-order chi connectivity index (χ1) is 12.6. The molecule has 2 aromatic carbocycles. The van der Waals surface area contributed by atoms with E-state index in [-0.39, 0.29) is 5.91 Å². The van der Waals surface area contributed by atoms with Gasteiger partial charge in [-0.25, -0.2) is 0 Å². The van der Waals surface area contributed by atoms with E-state index in [1.165, 1.54) is 6.20 Å². The molecule has 0 saturated carbocycles. The quantitative estimate of drug-likeness (QED) is 0.691. The van der Waals surface area contributed by atoms with Crippen molar-refractivity contribution in [2.24, 2.45) is 0 Å². The minimum Gasteiger partial charge on any atom is -0.354 e. The van der Waals surface area contributed by atoms with Crippen LogP contribution in [0.25, 0.3) is 0 Å². The number of nitriles is 1. The third-order valence-corrected chi connectivity index (χ3v) is 4.23. The Balaban J connectivity index is 1.76. The van der Waals surface area contributed by atoms with Crippen LogP contribution in [0.4, 0.5) is 17.1 Å². The Hall–Kier alpha value is -3.36. The first kappa shape index (κ1) is 17.5. The van der Waals surface area contributed by atoms with E-state index in [1.807, 2.05) is 31.2 Å². The van der Waals surface area contributed by atoms with E-state index < -0.39 is 0 Å². The van der Waals surface area contributed by atoms with Crippen LogP contribution in [0, 0.1) is 18.3 Å². The molecule has 0 bridgehead atoms. The molecule has 0 spiro atoms. The fraction of sp³-hybridized carbons (Fsp3) is 0.0500. The molecule has 5 nitrogen and oxygen atoms in total. The summed E-state index contributed by atoms with van der Waals surface area (Å²) in [6, 6.07) is 16.0. The fourth-order valence-electron chi connectivity index (χ4n) is 2.36. The zero-order valence-electron chi connectivity index (χ0n) is 14.0. The number of hydrogen-bond acceptors (Lipinski definition) is 4. The number of anilines is 3. The van der Waals surface area contributed by atoms with Gasteiger partial charge in [-0.15, -0.1) is 0 Å². The highest BCUT2D eigenvalue weighted by molar-refractivity contribution is 6.31. The van der Waals surface area contributed by atoms with Crippen molar-refractivity contribution in [3.8, 4) is 6.07 Å². The lowest BCUT2D eigenvalue weighted by molar-refractivity contribution is 0.102. The van der Waals surface area contributed by atoms with Gasteiger partial charge >= 0.3 is 0 Å². The lowest BCUT2D eigenvalue weighted by Gasteiger charge is -2.11. The van der Waals surface area contributed by atoms with Gasteiger partial charge in [-0.2, -0.15) is 5.26 Å². The summed E-state index contributed by atoms with van der Waals surface area (Å²) in [4.78, 5) is 16.6. The molecule has 0 aliphatic rings. The number of nitrogens with one attached hydrogen (secondary N) is 2. The SMILES string of the molecule is Cc1c(Cl)cccc1Nc1cncc(C(=O)Nc2ccc(C#N)cc2)c1. The second-order valence-electron chi connectivity index (χ2n) is 5.64. The van der Waals surface area contributed by atoms with Crippen LogP contribution < -0.4 is 10.6 Å². The molecule has 0 aliphatic carbocycles. The normalized spacial score (nSPS) is 10.0. The van der Waals surface area contributed by atoms with Crippen LogP contribution in [-0.4, -0.2) is 10.9 Å². The number of rotatable bonds is 4. The van der Waals surface area contributed by atoms with Gasteiger partial charge in [-0.3, -0.25) is 9.78 Å². The number of halogens is 1. The zero-order chi connectivity index (χ0) is 18.5. The summed E-state index contributed by atoms with van der Waals surface area (Å²) in [6.07, 6.45) is 3.13. The fourth-order valence-corrected chi connectivity index (χ4v) is 2.54. The van der Waals surface area contributed by atoms with Crippen molar-refractivity contribution < 1.29 is 4.79 Å². The lowest BCUT2D eigenvalue weighted by atomic mass is 10.2. The number of pyridine rings is 1. The van der Waals surface area contributed by atoms with Gasteiger partial charge in [0.05, 0.1) is 29.1 Å². The summed E-state index contributed by atoms with van der Waals surface area (Å²) in [6.45, 7) is 1.92. The molecule has 0 aliphatic heterocycles. The molecule has 1 amide bonds. The molecule has 3 rings (SSSR count). The van der Waals surface area contributed by atoms with Gasteiger partial charge in [0.1, 0.15) is 0 Å². The molecule has 128 valence electrons. The van der Waals surface area contributed by atoms with Crippen molar-refractivity contribution in [2.75, 3.05) is 10.6 Å². The van der Waals surface area contributed by atoms with Crippen LogP contribution in [0.15, 0.2) is 60.9 Å². The van der Waals surface area contributed by atoms with Crippen LogP contribution in [-0.2, 0) is 0 Å². The maximum absolute atomic E-state index is 12.4. The number of hydrogen-bond donors (Lipinski definition) is 2. The largest absolute Gasteiger partial charge is 0.354 e. The molecule has 0 radical (unpaired) electrons. The molecule has 0 saturated heterocycles. The third-order valence-electron chi connectivity index (χ3n) is 3.82. The second kappa shape index (κ2) is 7.68. The topological polar surface area (TPSA) is 77.8 Å². The summed E-state index contributed by atoms with van der Waals surface area (Å²) in [5.74, 6) is -0.284. The average molecular weight is 363 g/mol. The molecular formula is C20H15ClN4O. The molecule has 3 aromatic rings. The maximum Gasteiger partial charge on any atom is 0.257 e. The number of benzene rings is 2. The van der Waals surface area contributed by atoms with Crippen molar-refractivity contribution >= 4 is 34.6 Å². The molecule has 0 atom stereocenters. The summed E-state index contributed by atoms with van der Waals surface area (Å²) in [5.41, 5.74) is 4.01. The van der Waals surface area contributed by atoms with E-state index in [9.17, 15) is 4.79 Å². The van der Waals surface area contributed by atoms with Gasteiger partial charge in [0, 0.05) is 22.6 Å². The molecule has 0 fully saturated rings. The van der Waals surface area contributed by atoms with Crippen molar-refractivity contribution in [3.63, 3.8) is 0 Å². The summed E-state index contributed by atoms with van der Waals surface area (Å²) in [7, 11) is 0. The average Bonchev–Trinajstić information content (AvgIpc) is 2.66. The summed E-state index contributed by atoms with van der Waals surface area (Å²) >= 11 is 6.13. The zero-order valence-corrected chi connectivity index (χ0v) is 14.7. The summed E-state index contributed by atoms with van der Waals surface area (Å²) in [5, 5.41) is 15.5. The maximum atomic E-state index is 12.4. The van der Waals surface area contributed by atoms with Crippen LogP contribution in [0.1, 0.15) is 21.5 Å². The van der Waals surface area contributed by atoms with Gasteiger partial charge in [-0.05, 0) is 55.0 Å². The number of aromatic nitrogens is 1. The van der Waals surface area contributed by atoms with Crippen LogP contribution in [0.2, 0.25) is 5.02 Å².